The Hall–Kier alpha value is -1.32. The second-order valence-corrected chi connectivity index (χ2v) is 3.46. The monoisotopic (exact) mass is 184 g/mol. The zero-order valence-electron chi connectivity index (χ0n) is 7.75. The van der Waals surface area contributed by atoms with Crippen molar-refractivity contribution in [1.29, 1.82) is 0 Å². The van der Waals surface area contributed by atoms with E-state index in [-0.39, 0.29) is 19.0 Å². The van der Waals surface area contributed by atoms with Crippen molar-refractivity contribution in [3.8, 4) is 0 Å². The third-order valence-corrected chi connectivity index (χ3v) is 1.74. The highest BCUT2D eigenvalue weighted by Crippen LogP contribution is 2.24. The van der Waals surface area contributed by atoms with E-state index in [4.69, 9.17) is 9.47 Å². The summed E-state index contributed by atoms with van der Waals surface area (Å²) in [5, 5.41) is 0. The van der Waals surface area contributed by atoms with E-state index in [1.807, 2.05) is 0 Å². The molecule has 0 spiro atoms. The Morgan fingerprint density at radius 3 is 2.69 bits per heavy atom. The maximum absolute atomic E-state index is 11.1. The van der Waals surface area contributed by atoms with Gasteiger partial charge in [0.1, 0.15) is 6.61 Å². The molecule has 1 aliphatic heterocycles. The van der Waals surface area contributed by atoms with E-state index in [2.05, 4.69) is 6.58 Å². The lowest BCUT2D eigenvalue weighted by molar-refractivity contribution is -0.153. The van der Waals surface area contributed by atoms with Gasteiger partial charge in [-0.25, -0.2) is 4.79 Å². The predicted octanol–water partition coefficient (Wildman–Crippen LogP) is 0.811. The lowest BCUT2D eigenvalue weighted by atomic mass is 10.1. The minimum Gasteiger partial charge on any atom is -0.461 e. The van der Waals surface area contributed by atoms with Crippen LogP contribution in [0.1, 0.15) is 20.3 Å². The minimum atomic E-state index is -0.812. The van der Waals surface area contributed by atoms with E-state index in [1.54, 1.807) is 13.8 Å². The van der Waals surface area contributed by atoms with Crippen molar-refractivity contribution in [3.05, 3.63) is 12.2 Å². The van der Waals surface area contributed by atoms with Crippen molar-refractivity contribution in [2.24, 2.45) is 0 Å². The first-order valence-corrected chi connectivity index (χ1v) is 3.97. The SMILES string of the molecule is C=C(C)C(=O)OC1(C)COC(=O)C1. The first kappa shape index (κ1) is 9.77. The molecule has 0 aromatic heterocycles. The zero-order chi connectivity index (χ0) is 10.1. The molecule has 0 bridgehead atoms. The largest absolute Gasteiger partial charge is 0.461 e. The van der Waals surface area contributed by atoms with E-state index < -0.39 is 11.6 Å². The summed E-state index contributed by atoms with van der Waals surface area (Å²) in [6.45, 7) is 6.80. The lowest BCUT2D eigenvalue weighted by Gasteiger charge is -2.20. The highest BCUT2D eigenvalue weighted by atomic mass is 16.6. The van der Waals surface area contributed by atoms with Crippen LogP contribution < -0.4 is 0 Å². The molecule has 1 heterocycles. The third kappa shape index (κ3) is 2.31. The van der Waals surface area contributed by atoms with Gasteiger partial charge in [0.15, 0.2) is 5.60 Å². The van der Waals surface area contributed by atoms with Crippen molar-refractivity contribution >= 4 is 11.9 Å². The third-order valence-electron chi connectivity index (χ3n) is 1.74. The fourth-order valence-electron chi connectivity index (χ4n) is 1.02. The number of hydrogen-bond acceptors (Lipinski definition) is 4. The van der Waals surface area contributed by atoms with Gasteiger partial charge in [-0.2, -0.15) is 0 Å². The van der Waals surface area contributed by atoms with Crippen LogP contribution in [-0.4, -0.2) is 24.1 Å². The molecule has 1 rings (SSSR count). The number of hydrogen-bond donors (Lipinski definition) is 0. The average molecular weight is 184 g/mol. The molecule has 1 atom stereocenters. The Morgan fingerprint density at radius 1 is 1.69 bits per heavy atom. The van der Waals surface area contributed by atoms with Gasteiger partial charge in [-0.15, -0.1) is 0 Å². The topological polar surface area (TPSA) is 52.6 Å². The number of cyclic esters (lactones) is 1. The number of carbonyl (C=O) groups is 2. The molecule has 0 radical (unpaired) electrons. The summed E-state index contributed by atoms with van der Waals surface area (Å²) in [5.41, 5.74) is -0.492. The molecule has 4 nitrogen and oxygen atoms in total. The van der Waals surface area contributed by atoms with Crippen molar-refractivity contribution in [2.75, 3.05) is 6.61 Å². The van der Waals surface area contributed by atoms with Crippen LogP contribution in [0.5, 0.6) is 0 Å². The van der Waals surface area contributed by atoms with Crippen LogP contribution in [0, 0.1) is 0 Å². The zero-order valence-corrected chi connectivity index (χ0v) is 7.75. The van der Waals surface area contributed by atoms with Crippen molar-refractivity contribution < 1.29 is 19.1 Å². The molecule has 1 saturated heterocycles. The maximum Gasteiger partial charge on any atom is 0.333 e. The molecule has 4 heteroatoms. The fourth-order valence-corrected chi connectivity index (χ4v) is 1.02. The highest BCUT2D eigenvalue weighted by Gasteiger charge is 2.39. The van der Waals surface area contributed by atoms with Crippen LogP contribution >= 0.6 is 0 Å². The minimum absolute atomic E-state index is 0.117. The van der Waals surface area contributed by atoms with Crippen molar-refractivity contribution in [2.45, 2.75) is 25.9 Å². The Kier molecular flexibility index (Phi) is 2.40. The van der Waals surface area contributed by atoms with Crippen molar-refractivity contribution in [1.82, 2.24) is 0 Å². The maximum atomic E-state index is 11.1. The van der Waals surface area contributed by atoms with E-state index in [1.165, 1.54) is 0 Å². The summed E-state index contributed by atoms with van der Waals surface area (Å²) in [6.07, 6.45) is 0.117. The Bertz CT molecular complexity index is 269. The molecule has 0 saturated carbocycles. The van der Waals surface area contributed by atoms with Crippen LogP contribution in [0.4, 0.5) is 0 Å². The summed E-state index contributed by atoms with van der Waals surface area (Å²) in [6, 6.07) is 0. The normalized spacial score (nSPS) is 26.8. The summed E-state index contributed by atoms with van der Waals surface area (Å²) in [5.74, 6) is -0.821. The lowest BCUT2D eigenvalue weighted by Crippen LogP contribution is -2.32. The van der Waals surface area contributed by atoms with Crippen LogP contribution in [0.15, 0.2) is 12.2 Å². The highest BCUT2D eigenvalue weighted by molar-refractivity contribution is 5.87. The van der Waals surface area contributed by atoms with Crippen LogP contribution in [-0.2, 0) is 19.1 Å². The molecule has 0 aromatic rings. The fraction of sp³-hybridized carbons (Fsp3) is 0.556. The van der Waals surface area contributed by atoms with Gasteiger partial charge >= 0.3 is 11.9 Å². The van der Waals surface area contributed by atoms with Gasteiger partial charge in [0.2, 0.25) is 0 Å². The van der Waals surface area contributed by atoms with Gasteiger partial charge < -0.3 is 9.47 Å². The van der Waals surface area contributed by atoms with Gasteiger partial charge in [0, 0.05) is 5.57 Å². The van der Waals surface area contributed by atoms with E-state index in [9.17, 15) is 9.59 Å². The van der Waals surface area contributed by atoms with E-state index in [0.29, 0.717) is 5.57 Å². The standard InChI is InChI=1S/C9H12O4/c1-6(2)8(11)13-9(3)4-7(10)12-5-9/h1,4-5H2,2-3H3. The molecule has 0 amide bonds. The van der Waals surface area contributed by atoms with E-state index >= 15 is 0 Å². The first-order chi connectivity index (χ1) is 5.93. The quantitative estimate of drug-likeness (QED) is 0.470. The predicted molar refractivity (Wildman–Crippen MR) is 44.9 cm³/mol. The molecular weight excluding hydrogens is 172 g/mol. The molecule has 0 aromatic carbocycles. The summed E-state index contributed by atoms with van der Waals surface area (Å²) >= 11 is 0. The molecule has 0 N–H and O–H groups in total. The molecule has 72 valence electrons. The Balaban J connectivity index is 2.58. The number of esters is 2. The van der Waals surface area contributed by atoms with Gasteiger partial charge in [0.25, 0.3) is 0 Å². The Labute approximate surface area is 76.5 Å². The van der Waals surface area contributed by atoms with Gasteiger partial charge in [-0.3, -0.25) is 4.79 Å². The second-order valence-electron chi connectivity index (χ2n) is 3.46. The molecule has 1 aliphatic rings. The van der Waals surface area contributed by atoms with Crippen molar-refractivity contribution in [3.63, 3.8) is 0 Å². The molecule has 0 aliphatic carbocycles. The van der Waals surface area contributed by atoms with Gasteiger partial charge in [-0.05, 0) is 13.8 Å². The Morgan fingerprint density at radius 2 is 2.31 bits per heavy atom. The van der Waals surface area contributed by atoms with Gasteiger partial charge in [0.05, 0.1) is 6.42 Å². The number of carbonyl (C=O) groups excluding carboxylic acids is 2. The first-order valence-electron chi connectivity index (χ1n) is 3.97. The van der Waals surface area contributed by atoms with E-state index in [0.717, 1.165) is 0 Å². The molecule has 1 unspecified atom stereocenters. The molecular formula is C9H12O4. The van der Waals surface area contributed by atoms with Crippen LogP contribution in [0.2, 0.25) is 0 Å². The summed E-state index contributed by atoms with van der Waals surface area (Å²) in [4.78, 5) is 21.9. The number of ether oxygens (including phenoxy) is 2. The van der Waals surface area contributed by atoms with Gasteiger partial charge in [-0.1, -0.05) is 6.58 Å². The molecule has 13 heavy (non-hydrogen) atoms. The second kappa shape index (κ2) is 3.20. The smallest absolute Gasteiger partial charge is 0.333 e. The number of rotatable bonds is 2. The summed E-state index contributed by atoms with van der Waals surface area (Å²) in [7, 11) is 0. The summed E-state index contributed by atoms with van der Waals surface area (Å²) < 4.78 is 9.75. The molecule has 1 fully saturated rings. The van der Waals surface area contributed by atoms with Crippen LogP contribution in [0.25, 0.3) is 0 Å². The van der Waals surface area contributed by atoms with Crippen LogP contribution in [0.3, 0.4) is 0 Å². The average Bonchev–Trinajstić information content (AvgIpc) is 2.30.